The molecule has 0 saturated carbocycles. The molecule has 1 aromatic carbocycles. The molecule has 0 saturated heterocycles. The molecule has 0 bridgehead atoms. The van der Waals surface area contributed by atoms with E-state index < -0.39 is 5.82 Å². The van der Waals surface area contributed by atoms with Crippen LogP contribution in [-0.2, 0) is 0 Å². The molecule has 0 aliphatic carbocycles. The molecular formula is C11H12FN3OS. The van der Waals surface area contributed by atoms with E-state index in [1.165, 1.54) is 24.5 Å². The van der Waals surface area contributed by atoms with E-state index in [1.54, 1.807) is 12.1 Å². The maximum Gasteiger partial charge on any atom is 0.205 e. The van der Waals surface area contributed by atoms with E-state index in [2.05, 4.69) is 15.5 Å². The molecule has 0 fully saturated rings. The third kappa shape index (κ3) is 2.52. The van der Waals surface area contributed by atoms with Crippen molar-refractivity contribution in [3.63, 3.8) is 0 Å². The molecule has 0 unspecified atom stereocenters. The molecule has 2 aromatic rings. The molecule has 0 aliphatic heterocycles. The van der Waals surface area contributed by atoms with Crippen LogP contribution in [0.3, 0.4) is 0 Å². The Kier molecular flexibility index (Phi) is 3.53. The summed E-state index contributed by atoms with van der Waals surface area (Å²) in [6.45, 7) is 2.76. The largest absolute Gasteiger partial charge is 0.494 e. The van der Waals surface area contributed by atoms with Gasteiger partial charge in [-0.15, -0.1) is 10.2 Å². The number of halogens is 1. The quantitative estimate of drug-likeness (QED) is 0.910. The summed E-state index contributed by atoms with van der Waals surface area (Å²) in [6, 6.07) is 4.74. The minimum Gasteiger partial charge on any atom is -0.494 e. The molecule has 0 aliphatic rings. The molecule has 17 heavy (non-hydrogen) atoms. The van der Waals surface area contributed by atoms with Crippen molar-refractivity contribution < 1.29 is 9.13 Å². The Balaban J connectivity index is 2.29. The Labute approximate surface area is 102 Å². The van der Waals surface area contributed by atoms with E-state index in [-0.39, 0.29) is 5.75 Å². The SMILES string of the molecule is CCNc1nnc(-c2ccc(OC)c(F)c2)s1. The molecule has 0 spiro atoms. The van der Waals surface area contributed by atoms with Gasteiger partial charge in [-0.05, 0) is 25.1 Å². The van der Waals surface area contributed by atoms with Crippen LogP contribution in [0.15, 0.2) is 18.2 Å². The number of nitrogens with one attached hydrogen (secondary N) is 1. The predicted octanol–water partition coefficient (Wildman–Crippen LogP) is 2.78. The first-order valence-corrected chi connectivity index (χ1v) is 5.97. The van der Waals surface area contributed by atoms with Gasteiger partial charge in [-0.1, -0.05) is 11.3 Å². The summed E-state index contributed by atoms with van der Waals surface area (Å²) in [7, 11) is 1.44. The molecule has 0 radical (unpaired) electrons. The number of rotatable bonds is 4. The highest BCUT2D eigenvalue weighted by Gasteiger charge is 2.09. The monoisotopic (exact) mass is 253 g/mol. The highest BCUT2D eigenvalue weighted by atomic mass is 32.1. The summed E-state index contributed by atoms with van der Waals surface area (Å²) in [5.74, 6) is -0.171. The zero-order valence-corrected chi connectivity index (χ0v) is 10.3. The Morgan fingerprint density at radius 2 is 2.24 bits per heavy atom. The lowest BCUT2D eigenvalue weighted by molar-refractivity contribution is 0.386. The van der Waals surface area contributed by atoms with Crippen molar-refractivity contribution in [1.29, 1.82) is 0 Å². The van der Waals surface area contributed by atoms with Gasteiger partial charge >= 0.3 is 0 Å². The molecule has 0 amide bonds. The van der Waals surface area contributed by atoms with Crippen molar-refractivity contribution in [2.24, 2.45) is 0 Å². The van der Waals surface area contributed by atoms with Crippen LogP contribution in [0.1, 0.15) is 6.92 Å². The molecule has 90 valence electrons. The van der Waals surface area contributed by atoms with Gasteiger partial charge < -0.3 is 10.1 Å². The highest BCUT2D eigenvalue weighted by Crippen LogP contribution is 2.29. The van der Waals surface area contributed by atoms with Crippen molar-refractivity contribution in [1.82, 2.24) is 10.2 Å². The Hall–Kier alpha value is -1.69. The lowest BCUT2D eigenvalue weighted by atomic mass is 10.2. The van der Waals surface area contributed by atoms with Gasteiger partial charge in [0.2, 0.25) is 5.13 Å². The van der Waals surface area contributed by atoms with Gasteiger partial charge in [-0.25, -0.2) is 4.39 Å². The second-order valence-electron chi connectivity index (χ2n) is 3.29. The summed E-state index contributed by atoms with van der Waals surface area (Å²) in [5, 5.41) is 12.4. The van der Waals surface area contributed by atoms with Gasteiger partial charge in [-0.2, -0.15) is 0 Å². The molecular weight excluding hydrogens is 241 g/mol. The van der Waals surface area contributed by atoms with Crippen molar-refractivity contribution in [3.8, 4) is 16.3 Å². The van der Waals surface area contributed by atoms with Gasteiger partial charge in [0.1, 0.15) is 5.01 Å². The van der Waals surface area contributed by atoms with Gasteiger partial charge in [0.25, 0.3) is 0 Å². The summed E-state index contributed by atoms with van der Waals surface area (Å²) in [5.41, 5.74) is 0.699. The molecule has 6 heteroatoms. The Bertz CT molecular complexity index is 515. The highest BCUT2D eigenvalue weighted by molar-refractivity contribution is 7.18. The van der Waals surface area contributed by atoms with Crippen molar-refractivity contribution in [3.05, 3.63) is 24.0 Å². The number of nitrogens with zero attached hydrogens (tertiary/aromatic N) is 2. The minimum atomic E-state index is -0.398. The average molecular weight is 253 g/mol. The van der Waals surface area contributed by atoms with Crippen molar-refractivity contribution in [2.45, 2.75) is 6.92 Å². The average Bonchev–Trinajstić information content (AvgIpc) is 2.78. The van der Waals surface area contributed by atoms with Crippen molar-refractivity contribution in [2.75, 3.05) is 19.0 Å². The van der Waals surface area contributed by atoms with Gasteiger partial charge in [0, 0.05) is 12.1 Å². The summed E-state index contributed by atoms with van der Waals surface area (Å²) in [4.78, 5) is 0. The summed E-state index contributed by atoms with van der Waals surface area (Å²) >= 11 is 1.39. The normalized spacial score (nSPS) is 10.3. The Morgan fingerprint density at radius 1 is 1.41 bits per heavy atom. The zero-order valence-electron chi connectivity index (χ0n) is 9.53. The van der Waals surface area contributed by atoms with E-state index in [4.69, 9.17) is 4.74 Å². The Morgan fingerprint density at radius 3 is 2.88 bits per heavy atom. The third-order valence-corrected chi connectivity index (χ3v) is 3.08. The first-order chi connectivity index (χ1) is 8.24. The molecule has 1 N–H and O–H groups in total. The number of hydrogen-bond acceptors (Lipinski definition) is 5. The van der Waals surface area contributed by atoms with Crippen LogP contribution in [0.2, 0.25) is 0 Å². The third-order valence-electron chi connectivity index (χ3n) is 2.15. The molecule has 1 heterocycles. The number of anilines is 1. The number of aromatic nitrogens is 2. The maximum absolute atomic E-state index is 13.5. The lowest BCUT2D eigenvalue weighted by Crippen LogP contribution is -1.94. The van der Waals surface area contributed by atoms with Gasteiger partial charge in [0.15, 0.2) is 11.6 Å². The number of hydrogen-bond donors (Lipinski definition) is 1. The van der Waals surface area contributed by atoms with E-state index in [0.29, 0.717) is 10.6 Å². The molecule has 1 aromatic heterocycles. The number of ether oxygens (including phenoxy) is 1. The summed E-state index contributed by atoms with van der Waals surface area (Å²) < 4.78 is 18.4. The fourth-order valence-corrected chi connectivity index (χ4v) is 2.17. The van der Waals surface area contributed by atoms with Crippen LogP contribution < -0.4 is 10.1 Å². The van der Waals surface area contributed by atoms with Gasteiger partial charge in [-0.3, -0.25) is 0 Å². The minimum absolute atomic E-state index is 0.227. The van der Waals surface area contributed by atoms with Crippen LogP contribution in [-0.4, -0.2) is 23.9 Å². The zero-order chi connectivity index (χ0) is 12.3. The second kappa shape index (κ2) is 5.09. The topological polar surface area (TPSA) is 47.0 Å². The number of benzene rings is 1. The van der Waals surface area contributed by atoms with Crippen LogP contribution >= 0.6 is 11.3 Å². The fourth-order valence-electron chi connectivity index (χ4n) is 1.36. The standard InChI is InChI=1S/C11H12FN3OS/c1-3-13-11-15-14-10(17-11)7-4-5-9(16-2)8(12)6-7/h4-6H,3H2,1-2H3,(H,13,15). The second-order valence-corrected chi connectivity index (χ2v) is 4.27. The molecule has 0 atom stereocenters. The van der Waals surface area contributed by atoms with Crippen LogP contribution in [0.4, 0.5) is 9.52 Å². The van der Waals surface area contributed by atoms with Crippen LogP contribution in [0, 0.1) is 5.82 Å². The van der Waals surface area contributed by atoms with E-state index in [0.717, 1.165) is 11.7 Å². The maximum atomic E-state index is 13.5. The first kappa shape index (κ1) is 11.8. The predicted molar refractivity (Wildman–Crippen MR) is 66.0 cm³/mol. The fraction of sp³-hybridized carbons (Fsp3) is 0.273. The van der Waals surface area contributed by atoms with Crippen LogP contribution in [0.5, 0.6) is 5.75 Å². The van der Waals surface area contributed by atoms with Crippen LogP contribution in [0.25, 0.3) is 10.6 Å². The van der Waals surface area contributed by atoms with Crippen molar-refractivity contribution >= 4 is 16.5 Å². The summed E-state index contributed by atoms with van der Waals surface area (Å²) in [6.07, 6.45) is 0. The molecule has 2 rings (SSSR count). The van der Waals surface area contributed by atoms with E-state index in [9.17, 15) is 4.39 Å². The van der Waals surface area contributed by atoms with Gasteiger partial charge in [0.05, 0.1) is 7.11 Å². The smallest absolute Gasteiger partial charge is 0.205 e. The first-order valence-electron chi connectivity index (χ1n) is 5.16. The van der Waals surface area contributed by atoms with E-state index in [1.807, 2.05) is 6.92 Å². The van der Waals surface area contributed by atoms with E-state index >= 15 is 0 Å². The lowest BCUT2D eigenvalue weighted by Gasteiger charge is -2.02. The molecule has 4 nitrogen and oxygen atoms in total. The number of methoxy groups -OCH3 is 1.